The normalized spacial score (nSPS) is 10.6. The van der Waals surface area contributed by atoms with Gasteiger partial charge < -0.3 is 4.74 Å². The Labute approximate surface area is 134 Å². The van der Waals surface area contributed by atoms with Crippen molar-refractivity contribution >= 4 is 23.7 Å². The average Bonchev–Trinajstić information content (AvgIpc) is 2.55. The highest BCUT2D eigenvalue weighted by Crippen LogP contribution is 2.15. The molecule has 0 saturated heterocycles. The minimum atomic E-state index is -0.300. The third-order valence-electron chi connectivity index (χ3n) is 2.87. The number of hydrogen-bond acceptors (Lipinski definition) is 3. The number of halogens is 1. The number of hydrazone groups is 1. The van der Waals surface area contributed by atoms with E-state index in [4.69, 9.17) is 16.3 Å². The lowest BCUT2D eigenvalue weighted by atomic mass is 10.1. The molecular weight excluding hydrogens is 300 g/mol. The van der Waals surface area contributed by atoms with Crippen LogP contribution in [0.4, 0.5) is 0 Å². The Hall–Kier alpha value is -2.33. The van der Waals surface area contributed by atoms with Gasteiger partial charge in [-0.2, -0.15) is 5.10 Å². The maximum Gasteiger partial charge on any atom is 0.277 e. The van der Waals surface area contributed by atoms with Crippen LogP contribution in [0.1, 0.15) is 12.0 Å². The lowest BCUT2D eigenvalue weighted by Crippen LogP contribution is -2.24. The first-order valence-electron chi connectivity index (χ1n) is 6.97. The van der Waals surface area contributed by atoms with Crippen LogP contribution in [0.15, 0.2) is 59.7 Å². The van der Waals surface area contributed by atoms with Crippen molar-refractivity contribution in [1.82, 2.24) is 5.43 Å². The second-order valence-electron chi connectivity index (χ2n) is 4.61. The van der Waals surface area contributed by atoms with Crippen LogP contribution in [-0.2, 0) is 11.2 Å². The molecule has 0 fully saturated rings. The van der Waals surface area contributed by atoms with E-state index in [-0.39, 0.29) is 12.5 Å². The van der Waals surface area contributed by atoms with Gasteiger partial charge in [0.2, 0.25) is 0 Å². The fraction of sp³-hybridized carbons (Fsp3) is 0.176. The zero-order chi connectivity index (χ0) is 15.6. The molecule has 0 aromatic heterocycles. The first kappa shape index (κ1) is 16.0. The zero-order valence-electron chi connectivity index (χ0n) is 12.0. The molecule has 1 amide bonds. The summed E-state index contributed by atoms with van der Waals surface area (Å²) in [5.41, 5.74) is 3.67. The van der Waals surface area contributed by atoms with Crippen LogP contribution >= 0.6 is 11.6 Å². The second-order valence-corrected chi connectivity index (χ2v) is 5.05. The number of benzene rings is 2. The van der Waals surface area contributed by atoms with Gasteiger partial charge in [-0.25, -0.2) is 5.43 Å². The minimum Gasteiger partial charge on any atom is -0.484 e. The molecule has 0 unspecified atom stereocenters. The maximum absolute atomic E-state index is 11.5. The molecule has 1 N–H and O–H groups in total. The van der Waals surface area contributed by atoms with Crippen LogP contribution in [0.5, 0.6) is 5.75 Å². The van der Waals surface area contributed by atoms with Crippen LogP contribution in [-0.4, -0.2) is 18.7 Å². The Kier molecular flexibility index (Phi) is 6.45. The molecule has 0 atom stereocenters. The Morgan fingerprint density at radius 3 is 2.59 bits per heavy atom. The lowest BCUT2D eigenvalue weighted by Gasteiger charge is -2.04. The number of carbonyl (C=O) groups excluding carboxylic acids is 1. The first-order chi connectivity index (χ1) is 10.7. The van der Waals surface area contributed by atoms with Crippen LogP contribution < -0.4 is 10.2 Å². The molecular formula is C17H17ClN2O2. The predicted octanol–water partition coefficient (Wildman–Crippen LogP) is 3.45. The number of rotatable bonds is 7. The summed E-state index contributed by atoms with van der Waals surface area (Å²) in [7, 11) is 0. The zero-order valence-corrected chi connectivity index (χ0v) is 12.8. The summed E-state index contributed by atoms with van der Waals surface area (Å²) < 4.78 is 5.30. The summed E-state index contributed by atoms with van der Waals surface area (Å²) in [6.45, 7) is -0.0857. The third-order valence-corrected chi connectivity index (χ3v) is 3.12. The molecule has 2 rings (SSSR count). The van der Waals surface area contributed by atoms with Crippen molar-refractivity contribution in [3.05, 3.63) is 65.2 Å². The molecule has 0 aliphatic carbocycles. The average molecular weight is 317 g/mol. The molecule has 2 aromatic carbocycles. The fourth-order valence-electron chi connectivity index (χ4n) is 1.77. The van der Waals surface area contributed by atoms with E-state index in [1.807, 2.05) is 18.2 Å². The quantitative estimate of drug-likeness (QED) is 0.628. The van der Waals surface area contributed by atoms with E-state index in [0.29, 0.717) is 10.8 Å². The molecule has 0 bridgehead atoms. The third kappa shape index (κ3) is 5.97. The highest BCUT2D eigenvalue weighted by atomic mass is 35.5. The molecule has 0 heterocycles. The van der Waals surface area contributed by atoms with Crippen LogP contribution in [0.3, 0.4) is 0 Å². The van der Waals surface area contributed by atoms with Crippen molar-refractivity contribution in [1.29, 1.82) is 0 Å². The molecule has 0 aliphatic heterocycles. The summed E-state index contributed by atoms with van der Waals surface area (Å²) in [5, 5.41) is 4.51. The van der Waals surface area contributed by atoms with Gasteiger partial charge in [-0.15, -0.1) is 0 Å². The predicted molar refractivity (Wildman–Crippen MR) is 88.3 cm³/mol. The molecule has 0 spiro atoms. The van der Waals surface area contributed by atoms with Gasteiger partial charge in [0.25, 0.3) is 5.91 Å². The minimum absolute atomic E-state index is 0.0857. The molecule has 114 valence electrons. The van der Waals surface area contributed by atoms with Gasteiger partial charge in [0, 0.05) is 11.2 Å². The number of nitrogens with zero attached hydrogens (tertiary/aromatic N) is 1. The SMILES string of the molecule is O=C(COc1ccc(Cl)cc1)N/N=C\CCc1ccccc1. The molecule has 2 aromatic rings. The van der Waals surface area contributed by atoms with Gasteiger partial charge in [0.05, 0.1) is 0 Å². The summed E-state index contributed by atoms with van der Waals surface area (Å²) in [6, 6.07) is 16.9. The van der Waals surface area contributed by atoms with Gasteiger partial charge in [0.1, 0.15) is 5.75 Å². The maximum atomic E-state index is 11.5. The van der Waals surface area contributed by atoms with Crippen molar-refractivity contribution in [3.8, 4) is 5.75 Å². The summed E-state index contributed by atoms with van der Waals surface area (Å²) in [5.74, 6) is 0.290. The number of ether oxygens (including phenoxy) is 1. The monoisotopic (exact) mass is 316 g/mol. The van der Waals surface area contributed by atoms with Crippen LogP contribution in [0.2, 0.25) is 5.02 Å². The topological polar surface area (TPSA) is 50.7 Å². The Morgan fingerprint density at radius 2 is 1.86 bits per heavy atom. The standard InChI is InChI=1S/C17H17ClN2O2/c18-15-8-10-16(11-9-15)22-13-17(21)20-19-12-4-7-14-5-2-1-3-6-14/h1-3,5-6,8-12H,4,7,13H2,(H,20,21)/b19-12-. The van der Waals surface area contributed by atoms with Gasteiger partial charge in [-0.05, 0) is 42.7 Å². The van der Waals surface area contributed by atoms with Crippen molar-refractivity contribution < 1.29 is 9.53 Å². The van der Waals surface area contributed by atoms with Crippen molar-refractivity contribution in [2.24, 2.45) is 5.10 Å². The number of aryl methyl sites for hydroxylation is 1. The van der Waals surface area contributed by atoms with Gasteiger partial charge >= 0.3 is 0 Å². The van der Waals surface area contributed by atoms with E-state index in [1.165, 1.54) is 5.56 Å². The highest BCUT2D eigenvalue weighted by molar-refractivity contribution is 6.30. The van der Waals surface area contributed by atoms with E-state index in [9.17, 15) is 4.79 Å². The fourth-order valence-corrected chi connectivity index (χ4v) is 1.90. The van der Waals surface area contributed by atoms with Gasteiger partial charge in [0.15, 0.2) is 6.61 Å². The highest BCUT2D eigenvalue weighted by Gasteiger charge is 2.01. The van der Waals surface area contributed by atoms with Gasteiger partial charge in [-0.3, -0.25) is 4.79 Å². The van der Waals surface area contributed by atoms with E-state index in [2.05, 4.69) is 22.7 Å². The van der Waals surface area contributed by atoms with Crippen LogP contribution in [0, 0.1) is 0 Å². The molecule has 5 heteroatoms. The van der Waals surface area contributed by atoms with E-state index >= 15 is 0 Å². The molecule has 0 saturated carbocycles. The molecule has 0 aliphatic rings. The number of nitrogens with one attached hydrogen (secondary N) is 1. The second kappa shape index (κ2) is 8.85. The molecule has 22 heavy (non-hydrogen) atoms. The molecule has 4 nitrogen and oxygen atoms in total. The summed E-state index contributed by atoms with van der Waals surface area (Å²) in [6.07, 6.45) is 3.34. The van der Waals surface area contributed by atoms with E-state index in [0.717, 1.165) is 12.8 Å². The van der Waals surface area contributed by atoms with Crippen molar-refractivity contribution in [2.75, 3.05) is 6.61 Å². The Balaban J connectivity index is 1.63. The van der Waals surface area contributed by atoms with Gasteiger partial charge in [-0.1, -0.05) is 41.9 Å². The lowest BCUT2D eigenvalue weighted by molar-refractivity contribution is -0.123. The Bertz CT molecular complexity index is 612. The van der Waals surface area contributed by atoms with Crippen molar-refractivity contribution in [2.45, 2.75) is 12.8 Å². The number of amides is 1. The smallest absolute Gasteiger partial charge is 0.277 e. The largest absolute Gasteiger partial charge is 0.484 e. The summed E-state index contributed by atoms with van der Waals surface area (Å²) in [4.78, 5) is 11.5. The van der Waals surface area contributed by atoms with E-state index < -0.39 is 0 Å². The first-order valence-corrected chi connectivity index (χ1v) is 7.34. The molecule has 0 radical (unpaired) electrons. The number of hydrogen-bond donors (Lipinski definition) is 1. The van der Waals surface area contributed by atoms with Crippen LogP contribution in [0.25, 0.3) is 0 Å². The van der Waals surface area contributed by atoms with E-state index in [1.54, 1.807) is 30.5 Å². The Morgan fingerprint density at radius 1 is 1.14 bits per heavy atom. The van der Waals surface area contributed by atoms with Crippen molar-refractivity contribution in [3.63, 3.8) is 0 Å². The number of carbonyl (C=O) groups is 1. The summed E-state index contributed by atoms with van der Waals surface area (Å²) >= 11 is 5.76.